The lowest BCUT2D eigenvalue weighted by Crippen LogP contribution is -2.64. The molecule has 2 saturated heterocycles. The molecule has 16 heteroatoms. The number of carbonyl (C=O) groups is 4. The lowest BCUT2D eigenvalue weighted by Gasteiger charge is -2.47. The summed E-state index contributed by atoms with van der Waals surface area (Å²) >= 11 is 0. The van der Waals surface area contributed by atoms with Crippen LogP contribution in [0.1, 0.15) is 139 Å². The number of rotatable bonds is 12. The molecule has 6 rings (SSSR count). The Bertz CT molecular complexity index is 2390. The van der Waals surface area contributed by atoms with Crippen LogP contribution in [0, 0.1) is 29.6 Å². The molecule has 1 aromatic carbocycles. The number of allylic oxidation sites excluding steroid dienone is 3. The van der Waals surface area contributed by atoms with Crippen molar-refractivity contribution >= 4 is 42.7 Å². The second kappa shape index (κ2) is 26.0. The Morgan fingerprint density at radius 1 is 0.921 bits per heavy atom. The molecule has 426 valence electrons. The highest BCUT2D eigenvalue weighted by Gasteiger charge is 2.57. The quantitative estimate of drug-likeness (QED) is 0.0889. The molecule has 1 amide bonds. The van der Waals surface area contributed by atoms with Crippen LogP contribution in [0.25, 0.3) is 10.9 Å². The van der Waals surface area contributed by atoms with Crippen LogP contribution in [-0.4, -0.2) is 140 Å². The summed E-state index contributed by atoms with van der Waals surface area (Å²) in [5.41, 5.74) is 4.02. The van der Waals surface area contributed by atoms with E-state index in [0.717, 1.165) is 35.1 Å². The average Bonchev–Trinajstić information content (AvgIpc) is 3.69. The van der Waals surface area contributed by atoms with Gasteiger partial charge in [-0.15, -0.1) is 0 Å². The first-order chi connectivity index (χ1) is 35.8. The summed E-state index contributed by atoms with van der Waals surface area (Å²) in [7, 11) is 4.95. The summed E-state index contributed by atoms with van der Waals surface area (Å²) in [6, 6.07) is 5.10. The number of aryl methyl sites for hydroxylation is 1. The smallest absolute Gasteiger partial charge is 0.329 e. The fourth-order valence-corrected chi connectivity index (χ4v) is 13.1. The van der Waals surface area contributed by atoms with Crippen molar-refractivity contribution in [3.05, 3.63) is 53.3 Å². The van der Waals surface area contributed by atoms with E-state index in [0.29, 0.717) is 57.1 Å². The van der Waals surface area contributed by atoms with E-state index in [-0.39, 0.29) is 60.7 Å². The Hall–Kier alpha value is -3.74. The Morgan fingerprint density at radius 3 is 2.26 bits per heavy atom. The molecule has 15 nitrogen and oxygen atoms in total. The Morgan fingerprint density at radius 2 is 1.61 bits per heavy atom. The summed E-state index contributed by atoms with van der Waals surface area (Å²) < 4.78 is 46.2. The third-order valence-electron chi connectivity index (χ3n) is 17.8. The maximum absolute atomic E-state index is 14.7. The second-order valence-electron chi connectivity index (χ2n) is 24.5. The number of fused-ring (bicyclic) bond motifs is 4. The summed E-state index contributed by atoms with van der Waals surface area (Å²) in [4.78, 5) is 59.0. The Kier molecular flexibility index (Phi) is 21.0. The molecule has 76 heavy (non-hydrogen) atoms. The van der Waals surface area contributed by atoms with Gasteiger partial charge in [-0.1, -0.05) is 66.2 Å². The molecule has 14 atom stereocenters. The van der Waals surface area contributed by atoms with Gasteiger partial charge in [0.05, 0.1) is 24.4 Å². The molecule has 3 fully saturated rings. The van der Waals surface area contributed by atoms with E-state index in [9.17, 15) is 29.4 Å². The van der Waals surface area contributed by atoms with Crippen molar-refractivity contribution in [3.63, 3.8) is 0 Å². The van der Waals surface area contributed by atoms with Crippen molar-refractivity contribution in [2.45, 2.75) is 212 Å². The monoisotopic (exact) mass is 1080 g/mol. The number of ketones is 2. The predicted molar refractivity (Wildman–Crippen MR) is 296 cm³/mol. The fraction of sp³-hybridized carbons (Fsp3) is 0.733. The highest BCUT2D eigenvalue weighted by molar-refractivity contribution is 6.74. The zero-order valence-electron chi connectivity index (χ0n) is 48.6. The van der Waals surface area contributed by atoms with E-state index in [1.807, 2.05) is 32.9 Å². The number of hydrogen-bond acceptors (Lipinski definition) is 13. The van der Waals surface area contributed by atoms with Gasteiger partial charge in [-0.05, 0) is 144 Å². The van der Waals surface area contributed by atoms with E-state index in [2.05, 4.69) is 76.8 Å². The van der Waals surface area contributed by atoms with Gasteiger partial charge in [0.1, 0.15) is 35.9 Å². The Labute approximate surface area is 454 Å². The van der Waals surface area contributed by atoms with Gasteiger partial charge in [0.25, 0.3) is 11.7 Å². The third-order valence-corrected chi connectivity index (χ3v) is 22.4. The lowest BCUT2D eigenvalue weighted by atomic mass is 9.81. The van der Waals surface area contributed by atoms with Gasteiger partial charge < -0.3 is 52.5 Å². The minimum Gasteiger partial charge on any atom is -0.488 e. The number of nitrogens with zero attached hydrogens (tertiary/aromatic N) is 2. The fourth-order valence-electron chi connectivity index (χ4n) is 12.0. The van der Waals surface area contributed by atoms with Crippen LogP contribution >= 0.6 is 0 Å². The van der Waals surface area contributed by atoms with E-state index < -0.39 is 86.1 Å². The van der Waals surface area contributed by atoms with E-state index in [1.54, 1.807) is 35.2 Å². The largest absolute Gasteiger partial charge is 0.488 e. The molecule has 0 spiro atoms. The van der Waals surface area contributed by atoms with Gasteiger partial charge in [-0.2, -0.15) is 0 Å². The summed E-state index contributed by atoms with van der Waals surface area (Å²) in [5.74, 6) is -6.79. The van der Waals surface area contributed by atoms with Crippen molar-refractivity contribution in [1.29, 1.82) is 0 Å². The molecule has 2 N–H and O–H groups in total. The van der Waals surface area contributed by atoms with Gasteiger partial charge in [-0.3, -0.25) is 14.4 Å². The third kappa shape index (κ3) is 14.2. The van der Waals surface area contributed by atoms with Crippen LogP contribution in [0.15, 0.2) is 47.7 Å². The maximum Gasteiger partial charge on any atom is 0.329 e. The highest BCUT2D eigenvalue weighted by Crippen LogP contribution is 2.41. The zero-order valence-corrected chi connectivity index (χ0v) is 49.6. The normalized spacial score (nSPS) is 33.6. The number of carbonyl (C=O) groups excluding carboxylic acids is 4. The van der Waals surface area contributed by atoms with Crippen molar-refractivity contribution in [3.8, 4) is 5.75 Å². The van der Waals surface area contributed by atoms with Gasteiger partial charge in [0.15, 0.2) is 8.32 Å². The standard InChI is InChI=1S/C60H94N2O13Si/c1-16-42-28-36(2)27-37(3)29-52(70-12)55-53(71-13)31-39(5)60(68,75-55)56(65)57(66)62-25-18-17-19-47(62)58(67)74-54(40(6)48(63)34-49(42)64)38(4)30-41-20-23-50(51(32-41)69-11)73-44-21-22-46-45(33-44)43(35-61(46)10)24-26-72-76(14,15)59(7,8)9/h21-22,28,30,33,35,37,39-42,47-48,50-55,63,68H,16-20,23-27,29,31-32,34H2,1-15H3. The number of benzene rings is 1. The highest BCUT2D eigenvalue weighted by atomic mass is 28.4. The van der Waals surface area contributed by atoms with Crippen LogP contribution in [0.4, 0.5) is 0 Å². The van der Waals surface area contributed by atoms with Crippen LogP contribution in [0.3, 0.4) is 0 Å². The second-order valence-corrected chi connectivity index (χ2v) is 29.4. The first kappa shape index (κ1) is 61.5. The summed E-state index contributed by atoms with van der Waals surface area (Å²) in [6.07, 6.45) is 7.42. The van der Waals surface area contributed by atoms with E-state index in [4.69, 9.17) is 32.8 Å². The predicted octanol–water partition coefficient (Wildman–Crippen LogP) is 9.62. The van der Waals surface area contributed by atoms with E-state index in [1.165, 1.54) is 10.5 Å². The molecule has 2 bridgehead atoms. The maximum atomic E-state index is 14.7. The van der Waals surface area contributed by atoms with Crippen LogP contribution in [0.2, 0.25) is 18.1 Å². The molecule has 1 aromatic heterocycles. The number of cyclic esters (lactones) is 1. The molecule has 0 radical (unpaired) electrons. The lowest BCUT2D eigenvalue weighted by molar-refractivity contribution is -0.302. The number of amides is 1. The van der Waals surface area contributed by atoms with Gasteiger partial charge >= 0.3 is 5.97 Å². The molecular formula is C60H94N2O13Si. The molecule has 1 saturated carbocycles. The number of esters is 1. The van der Waals surface area contributed by atoms with Gasteiger partial charge in [-0.25, -0.2) is 4.79 Å². The van der Waals surface area contributed by atoms with E-state index >= 15 is 0 Å². The minimum atomic E-state index is -2.52. The number of aliphatic hydroxyl groups excluding tert-OH is 1. The number of aliphatic hydroxyl groups is 2. The number of piperidine rings is 1. The molecule has 1 aliphatic carbocycles. The minimum absolute atomic E-state index is 0.00783. The van der Waals surface area contributed by atoms with Gasteiger partial charge in [0.2, 0.25) is 5.79 Å². The number of ether oxygens (including phenoxy) is 6. The van der Waals surface area contributed by atoms with Gasteiger partial charge in [0, 0.05) is 82.8 Å². The molecular weight excluding hydrogens is 985 g/mol. The van der Waals surface area contributed by atoms with Crippen LogP contribution < -0.4 is 4.74 Å². The molecule has 3 aliphatic heterocycles. The molecule has 4 aliphatic rings. The Balaban J connectivity index is 1.26. The SMILES string of the molecule is CCC1C=C(C)CC(C)CC(OC)C2OC(O)(C(=O)C(=O)N3CCCCC3C(=O)OC(C(C)=CC3CCC(Oc4ccc5c(c4)c(CCO[Si](C)(C)C(C)(C)C)cn5C)C(OC)C3)C(C)C(O)CC1=O)C(C)CC2OC. The summed E-state index contributed by atoms with van der Waals surface area (Å²) in [5, 5.41) is 25.5. The molecule has 14 unspecified atom stereocenters. The van der Waals surface area contributed by atoms with Crippen molar-refractivity contribution < 1.29 is 62.2 Å². The van der Waals surface area contributed by atoms with Crippen LogP contribution in [-0.2, 0) is 60.8 Å². The zero-order chi connectivity index (χ0) is 56.0. The van der Waals surface area contributed by atoms with Crippen LogP contribution in [0.5, 0.6) is 5.75 Å². The number of Topliss-reactive ketones (excluding diaryl/α,β-unsaturated/α-hetero) is 2. The average molecular weight is 1080 g/mol. The molecule has 2 aromatic rings. The van der Waals surface area contributed by atoms with Crippen molar-refractivity contribution in [2.24, 2.45) is 36.6 Å². The number of hydrogen-bond donors (Lipinski definition) is 2. The molecule has 4 heterocycles. The first-order valence-electron chi connectivity index (χ1n) is 28.3. The number of methoxy groups -OCH3 is 3. The topological polar surface area (TPSA) is 182 Å². The van der Waals surface area contributed by atoms with Crippen molar-refractivity contribution in [2.75, 3.05) is 34.5 Å². The first-order valence-corrected chi connectivity index (χ1v) is 31.2. The van der Waals surface area contributed by atoms with Crippen molar-refractivity contribution in [1.82, 2.24) is 9.47 Å². The number of aromatic nitrogens is 1. The summed E-state index contributed by atoms with van der Waals surface area (Å²) in [6.45, 7) is 23.4.